The molecule has 1 atom stereocenters. The third-order valence-electron chi connectivity index (χ3n) is 6.39. The van der Waals surface area contributed by atoms with Crippen LogP contribution in [0.15, 0.2) is 79.4 Å². The Labute approximate surface area is 252 Å². The lowest BCUT2D eigenvalue weighted by atomic mass is 10.0. The molecule has 2 aromatic heterocycles. The Kier molecular flexibility index (Phi) is 8.54. The Morgan fingerprint density at radius 2 is 2.05 bits per heavy atom. The minimum Gasteiger partial charge on any atom is -0.493 e. The van der Waals surface area contributed by atoms with Gasteiger partial charge in [0.05, 0.1) is 45.6 Å². The molecule has 208 valence electrons. The second-order valence-corrected chi connectivity index (χ2v) is 11.8. The summed E-state index contributed by atoms with van der Waals surface area (Å²) in [5.74, 6) is 0.457. The first-order valence-corrected chi connectivity index (χ1v) is 15.1. The number of esters is 1. The second-order valence-electron chi connectivity index (χ2n) is 8.91. The molecule has 0 radical (unpaired) electrons. The minimum absolute atomic E-state index is 0.182. The van der Waals surface area contributed by atoms with E-state index in [2.05, 4.69) is 27.0 Å². The van der Waals surface area contributed by atoms with Crippen molar-refractivity contribution in [2.45, 2.75) is 26.5 Å². The standard InChI is InChI=1S/C30H24BrN3O5S2/c1-4-38-29(36)25-17(2)33-30-34(26(25)23-10-7-11-40-23)28(35)24(41-30)14-18-12-21(31)27(22(13-18)37-3)39-16-20-9-6-5-8-19(20)15-32/h5-14,26H,4,16H2,1-3H3/b24-14-/t26-/m1/s1. The van der Waals surface area contributed by atoms with Crippen molar-refractivity contribution in [1.82, 2.24) is 4.57 Å². The number of nitrogens with zero attached hydrogens (tertiary/aromatic N) is 3. The van der Waals surface area contributed by atoms with Crippen LogP contribution in [-0.2, 0) is 16.1 Å². The molecule has 0 unspecified atom stereocenters. The number of carbonyl (C=O) groups excluding carboxylic acids is 1. The molecule has 2 aromatic carbocycles. The summed E-state index contributed by atoms with van der Waals surface area (Å²) in [4.78, 5) is 32.7. The predicted molar refractivity (Wildman–Crippen MR) is 161 cm³/mol. The number of aromatic nitrogens is 1. The van der Waals surface area contributed by atoms with Crippen LogP contribution >= 0.6 is 38.6 Å². The van der Waals surface area contributed by atoms with Crippen molar-refractivity contribution in [1.29, 1.82) is 5.26 Å². The van der Waals surface area contributed by atoms with Gasteiger partial charge in [0.1, 0.15) is 12.6 Å². The molecule has 0 amide bonds. The number of thiophene rings is 1. The van der Waals surface area contributed by atoms with Gasteiger partial charge in [-0.05, 0) is 71.1 Å². The molecule has 1 aliphatic heterocycles. The Bertz CT molecular complexity index is 1880. The fraction of sp³-hybridized carbons (Fsp3) is 0.200. The zero-order chi connectivity index (χ0) is 29.1. The van der Waals surface area contributed by atoms with E-state index in [0.29, 0.717) is 47.7 Å². The van der Waals surface area contributed by atoms with Crippen LogP contribution in [0.5, 0.6) is 11.5 Å². The van der Waals surface area contributed by atoms with E-state index in [4.69, 9.17) is 14.2 Å². The van der Waals surface area contributed by atoms with Gasteiger partial charge in [0.25, 0.3) is 5.56 Å². The third kappa shape index (κ3) is 5.63. The summed E-state index contributed by atoms with van der Waals surface area (Å²) in [6.07, 6.45) is 1.76. The zero-order valence-electron chi connectivity index (χ0n) is 22.3. The summed E-state index contributed by atoms with van der Waals surface area (Å²) in [7, 11) is 1.54. The van der Waals surface area contributed by atoms with E-state index in [-0.39, 0.29) is 18.8 Å². The molecule has 0 aliphatic carbocycles. The van der Waals surface area contributed by atoms with Crippen molar-refractivity contribution < 1.29 is 19.0 Å². The molecular formula is C30H24BrN3O5S2. The Hall–Kier alpha value is -3.98. The summed E-state index contributed by atoms with van der Waals surface area (Å²) in [5, 5.41) is 11.3. The first-order valence-electron chi connectivity index (χ1n) is 12.6. The molecule has 1 aliphatic rings. The first-order chi connectivity index (χ1) is 19.9. The van der Waals surface area contributed by atoms with Crippen LogP contribution in [0.25, 0.3) is 6.08 Å². The molecule has 11 heteroatoms. The van der Waals surface area contributed by atoms with Crippen LogP contribution in [0.4, 0.5) is 0 Å². The Balaban J connectivity index is 1.55. The van der Waals surface area contributed by atoms with Gasteiger partial charge >= 0.3 is 5.97 Å². The summed E-state index contributed by atoms with van der Waals surface area (Å²) in [6, 6.07) is 16.2. The second kappa shape index (κ2) is 12.3. The van der Waals surface area contributed by atoms with E-state index in [1.54, 1.807) is 42.7 Å². The van der Waals surface area contributed by atoms with Crippen LogP contribution in [-0.4, -0.2) is 24.3 Å². The van der Waals surface area contributed by atoms with Crippen LogP contribution in [0.2, 0.25) is 0 Å². The number of carbonyl (C=O) groups is 1. The number of fused-ring (bicyclic) bond motifs is 1. The van der Waals surface area contributed by atoms with Crippen LogP contribution in [0, 0.1) is 11.3 Å². The molecule has 4 aromatic rings. The number of methoxy groups -OCH3 is 1. The molecule has 8 nitrogen and oxygen atoms in total. The number of allylic oxidation sites excluding steroid dienone is 1. The number of hydrogen-bond donors (Lipinski definition) is 0. The highest BCUT2D eigenvalue weighted by Gasteiger charge is 2.33. The molecule has 41 heavy (non-hydrogen) atoms. The summed E-state index contributed by atoms with van der Waals surface area (Å²) in [6.45, 7) is 3.91. The van der Waals surface area contributed by atoms with Gasteiger partial charge in [-0.2, -0.15) is 5.26 Å². The molecule has 0 fully saturated rings. The van der Waals surface area contributed by atoms with Gasteiger partial charge in [0.15, 0.2) is 16.3 Å². The maximum absolute atomic E-state index is 13.8. The average Bonchev–Trinajstić information content (AvgIpc) is 3.60. The van der Waals surface area contributed by atoms with Crippen molar-refractivity contribution >= 4 is 50.6 Å². The first kappa shape index (κ1) is 28.5. The molecule has 3 heterocycles. The highest BCUT2D eigenvalue weighted by molar-refractivity contribution is 9.10. The molecule has 0 bridgehead atoms. The number of nitriles is 1. The van der Waals surface area contributed by atoms with E-state index in [0.717, 1.165) is 10.4 Å². The van der Waals surface area contributed by atoms with E-state index in [1.165, 1.54) is 29.8 Å². The van der Waals surface area contributed by atoms with E-state index < -0.39 is 12.0 Å². The lowest BCUT2D eigenvalue weighted by molar-refractivity contribution is -0.139. The largest absolute Gasteiger partial charge is 0.493 e. The highest BCUT2D eigenvalue weighted by Crippen LogP contribution is 2.38. The Morgan fingerprint density at radius 1 is 1.24 bits per heavy atom. The third-order valence-corrected chi connectivity index (χ3v) is 8.89. The van der Waals surface area contributed by atoms with Gasteiger partial charge in [-0.1, -0.05) is 35.6 Å². The number of ether oxygens (including phenoxy) is 3. The highest BCUT2D eigenvalue weighted by atomic mass is 79.9. The lowest BCUT2D eigenvalue weighted by Gasteiger charge is -2.23. The number of thiazole rings is 1. The van der Waals surface area contributed by atoms with Crippen molar-refractivity contribution in [2.24, 2.45) is 4.99 Å². The molecular weight excluding hydrogens is 626 g/mol. The molecule has 5 rings (SSSR count). The van der Waals surface area contributed by atoms with Gasteiger partial charge in [-0.15, -0.1) is 11.3 Å². The Morgan fingerprint density at radius 3 is 2.76 bits per heavy atom. The maximum Gasteiger partial charge on any atom is 0.338 e. The summed E-state index contributed by atoms with van der Waals surface area (Å²) < 4.78 is 19.6. The van der Waals surface area contributed by atoms with Crippen molar-refractivity contribution in [3.63, 3.8) is 0 Å². The molecule has 0 spiro atoms. The van der Waals surface area contributed by atoms with E-state index >= 15 is 0 Å². The van der Waals surface area contributed by atoms with Gasteiger partial charge in [-0.25, -0.2) is 9.79 Å². The normalized spacial score (nSPS) is 14.7. The molecule has 0 saturated carbocycles. The summed E-state index contributed by atoms with van der Waals surface area (Å²) in [5.41, 5.74) is 2.63. The smallest absolute Gasteiger partial charge is 0.338 e. The van der Waals surface area contributed by atoms with Crippen molar-refractivity contribution in [3.8, 4) is 17.6 Å². The molecule has 0 saturated heterocycles. The fourth-order valence-electron chi connectivity index (χ4n) is 4.53. The number of halogens is 1. The van der Waals surface area contributed by atoms with Crippen LogP contribution in [0.3, 0.4) is 0 Å². The van der Waals surface area contributed by atoms with Gasteiger partial charge in [0, 0.05) is 10.4 Å². The number of hydrogen-bond acceptors (Lipinski definition) is 9. The quantitative estimate of drug-likeness (QED) is 0.247. The maximum atomic E-state index is 13.8. The minimum atomic E-state index is -0.624. The van der Waals surface area contributed by atoms with Gasteiger partial charge in [0.2, 0.25) is 0 Å². The van der Waals surface area contributed by atoms with Gasteiger partial charge in [-0.3, -0.25) is 9.36 Å². The number of benzene rings is 2. The van der Waals surface area contributed by atoms with E-state index in [9.17, 15) is 14.9 Å². The molecule has 0 N–H and O–H groups in total. The van der Waals surface area contributed by atoms with E-state index in [1.807, 2.05) is 35.7 Å². The van der Waals surface area contributed by atoms with Gasteiger partial charge < -0.3 is 14.2 Å². The lowest BCUT2D eigenvalue weighted by Crippen LogP contribution is -2.39. The topological polar surface area (TPSA) is 103 Å². The SMILES string of the molecule is CCOC(=O)C1=C(C)N=c2s/c(=C\c3cc(Br)c(OCc4ccccc4C#N)c(OC)c3)c(=O)n2[C@@H]1c1cccs1. The van der Waals surface area contributed by atoms with Crippen LogP contribution in [0.1, 0.15) is 41.5 Å². The van der Waals surface area contributed by atoms with Crippen LogP contribution < -0.4 is 24.4 Å². The van der Waals surface area contributed by atoms with Crippen molar-refractivity contribution in [2.75, 3.05) is 13.7 Å². The monoisotopic (exact) mass is 649 g/mol. The number of rotatable bonds is 8. The average molecular weight is 651 g/mol. The predicted octanol–water partition coefficient (Wildman–Crippen LogP) is 5.08. The summed E-state index contributed by atoms with van der Waals surface area (Å²) >= 11 is 6.29. The van der Waals surface area contributed by atoms with Crippen molar-refractivity contribution in [3.05, 3.63) is 111 Å². The fourth-order valence-corrected chi connectivity index (χ4v) is 6.97. The zero-order valence-corrected chi connectivity index (χ0v) is 25.6.